The molecule has 0 radical (unpaired) electrons. The number of thioether (sulfide) groups is 1. The Morgan fingerprint density at radius 1 is 1.53 bits per heavy atom. The lowest BCUT2D eigenvalue weighted by molar-refractivity contribution is 0.638. The molecule has 94 valence electrons. The molecule has 4 heteroatoms. The molecule has 2 rings (SSSR count). The zero-order chi connectivity index (χ0) is 12.3. The van der Waals surface area contributed by atoms with Gasteiger partial charge < -0.3 is 10.2 Å². The number of nitrogens with zero attached hydrogens (tertiary/aromatic N) is 2. The van der Waals surface area contributed by atoms with Crippen molar-refractivity contribution >= 4 is 17.6 Å². The summed E-state index contributed by atoms with van der Waals surface area (Å²) in [6, 6.07) is 4.17. The van der Waals surface area contributed by atoms with Crippen LogP contribution in [-0.4, -0.2) is 35.6 Å². The number of rotatable bonds is 3. The van der Waals surface area contributed by atoms with Gasteiger partial charge in [-0.2, -0.15) is 11.8 Å². The van der Waals surface area contributed by atoms with Crippen molar-refractivity contribution in [2.45, 2.75) is 25.1 Å². The highest BCUT2D eigenvalue weighted by Crippen LogP contribution is 2.32. The van der Waals surface area contributed by atoms with Crippen LogP contribution in [0.1, 0.15) is 19.4 Å². The first-order valence-corrected chi connectivity index (χ1v) is 7.08. The Morgan fingerprint density at radius 2 is 2.35 bits per heavy atom. The van der Waals surface area contributed by atoms with Gasteiger partial charge in [-0.25, -0.2) is 4.98 Å². The summed E-state index contributed by atoms with van der Waals surface area (Å²) in [6.45, 7) is 7.68. The third kappa shape index (κ3) is 3.13. The molecular formula is C13H21N3S. The minimum Gasteiger partial charge on any atom is -0.354 e. The molecule has 0 aromatic carbocycles. The van der Waals surface area contributed by atoms with E-state index in [-0.39, 0.29) is 0 Å². The summed E-state index contributed by atoms with van der Waals surface area (Å²) in [6.07, 6.45) is 1.89. The average molecular weight is 251 g/mol. The second kappa shape index (κ2) is 5.27. The maximum absolute atomic E-state index is 4.56. The average Bonchev–Trinajstić information content (AvgIpc) is 2.29. The van der Waals surface area contributed by atoms with E-state index < -0.39 is 0 Å². The molecule has 1 aromatic heterocycles. The molecule has 0 aliphatic carbocycles. The fourth-order valence-electron chi connectivity index (χ4n) is 2.24. The van der Waals surface area contributed by atoms with Crippen LogP contribution in [0, 0.1) is 0 Å². The van der Waals surface area contributed by atoms with E-state index in [1.54, 1.807) is 0 Å². The third-order valence-corrected chi connectivity index (χ3v) is 4.26. The molecule has 1 aliphatic rings. The number of pyridine rings is 1. The van der Waals surface area contributed by atoms with Gasteiger partial charge in [0, 0.05) is 41.9 Å². The van der Waals surface area contributed by atoms with Crippen LogP contribution in [0.15, 0.2) is 18.3 Å². The van der Waals surface area contributed by atoms with Gasteiger partial charge in [-0.1, -0.05) is 6.07 Å². The van der Waals surface area contributed by atoms with E-state index >= 15 is 0 Å². The van der Waals surface area contributed by atoms with Crippen LogP contribution in [0.2, 0.25) is 0 Å². The molecule has 1 saturated heterocycles. The summed E-state index contributed by atoms with van der Waals surface area (Å²) < 4.78 is 0.326. The van der Waals surface area contributed by atoms with Crippen molar-refractivity contribution in [1.29, 1.82) is 0 Å². The largest absolute Gasteiger partial charge is 0.354 e. The lowest BCUT2D eigenvalue weighted by atomic mass is 10.1. The Hall–Kier alpha value is -0.740. The van der Waals surface area contributed by atoms with Crippen LogP contribution in [0.4, 0.5) is 5.82 Å². The molecule has 0 unspecified atom stereocenters. The first kappa shape index (κ1) is 12.7. The standard InChI is InChI=1S/C13H21N3S/c1-13(2)10-16(7-8-17-13)12-11(9-14-3)5-4-6-15-12/h4-6,14H,7-10H2,1-3H3. The molecule has 0 atom stereocenters. The molecule has 3 nitrogen and oxygen atoms in total. The Kier molecular flexibility index (Phi) is 3.94. The summed E-state index contributed by atoms with van der Waals surface area (Å²) in [4.78, 5) is 6.98. The zero-order valence-electron chi connectivity index (χ0n) is 10.9. The molecule has 0 amide bonds. The molecule has 0 bridgehead atoms. The number of hydrogen-bond donors (Lipinski definition) is 1. The Morgan fingerprint density at radius 3 is 3.06 bits per heavy atom. The Bertz CT molecular complexity index is 379. The smallest absolute Gasteiger partial charge is 0.133 e. The zero-order valence-corrected chi connectivity index (χ0v) is 11.7. The first-order valence-electron chi connectivity index (χ1n) is 6.10. The molecular weight excluding hydrogens is 230 g/mol. The van der Waals surface area contributed by atoms with Crippen molar-refractivity contribution in [3.63, 3.8) is 0 Å². The second-order valence-corrected chi connectivity index (χ2v) is 6.85. The van der Waals surface area contributed by atoms with E-state index in [2.05, 4.69) is 46.9 Å². The predicted octanol–water partition coefficient (Wildman–Crippen LogP) is 2.13. The molecule has 0 spiro atoms. The van der Waals surface area contributed by atoms with Gasteiger partial charge in [0.25, 0.3) is 0 Å². The van der Waals surface area contributed by atoms with E-state index in [9.17, 15) is 0 Å². The minimum atomic E-state index is 0.326. The van der Waals surface area contributed by atoms with Crippen molar-refractivity contribution in [3.05, 3.63) is 23.9 Å². The van der Waals surface area contributed by atoms with Crippen LogP contribution < -0.4 is 10.2 Å². The second-order valence-electron chi connectivity index (χ2n) is 5.05. The lowest BCUT2D eigenvalue weighted by Gasteiger charge is -2.39. The molecule has 1 N–H and O–H groups in total. The van der Waals surface area contributed by atoms with Crippen LogP contribution in [0.25, 0.3) is 0 Å². The number of aromatic nitrogens is 1. The quantitative estimate of drug-likeness (QED) is 0.891. The predicted molar refractivity (Wildman–Crippen MR) is 75.8 cm³/mol. The summed E-state index contributed by atoms with van der Waals surface area (Å²) >= 11 is 2.05. The number of hydrogen-bond acceptors (Lipinski definition) is 4. The molecule has 1 fully saturated rings. The molecule has 2 heterocycles. The van der Waals surface area contributed by atoms with E-state index in [1.165, 1.54) is 11.3 Å². The highest BCUT2D eigenvalue weighted by atomic mass is 32.2. The van der Waals surface area contributed by atoms with Crippen LogP contribution >= 0.6 is 11.8 Å². The van der Waals surface area contributed by atoms with Gasteiger partial charge in [-0.3, -0.25) is 0 Å². The molecule has 1 aliphatic heterocycles. The maximum Gasteiger partial charge on any atom is 0.133 e. The van der Waals surface area contributed by atoms with Crippen LogP contribution in [-0.2, 0) is 6.54 Å². The van der Waals surface area contributed by atoms with Gasteiger partial charge in [-0.05, 0) is 27.0 Å². The normalized spacial score (nSPS) is 19.4. The fourth-order valence-corrected chi connectivity index (χ4v) is 3.35. The van der Waals surface area contributed by atoms with Gasteiger partial charge in [0.1, 0.15) is 5.82 Å². The van der Waals surface area contributed by atoms with E-state index in [4.69, 9.17) is 0 Å². The Balaban J connectivity index is 2.21. The lowest BCUT2D eigenvalue weighted by Crippen LogP contribution is -2.44. The van der Waals surface area contributed by atoms with Crippen molar-refractivity contribution < 1.29 is 0 Å². The molecule has 0 saturated carbocycles. The summed E-state index contributed by atoms with van der Waals surface area (Å²) in [5.41, 5.74) is 1.29. The summed E-state index contributed by atoms with van der Waals surface area (Å²) in [5.74, 6) is 2.33. The first-order chi connectivity index (χ1) is 8.12. The van der Waals surface area contributed by atoms with Crippen molar-refractivity contribution in [3.8, 4) is 0 Å². The van der Waals surface area contributed by atoms with E-state index in [0.717, 1.165) is 25.5 Å². The van der Waals surface area contributed by atoms with Gasteiger partial charge in [0.05, 0.1) is 0 Å². The third-order valence-electron chi connectivity index (χ3n) is 2.96. The van der Waals surface area contributed by atoms with Crippen molar-refractivity contribution in [1.82, 2.24) is 10.3 Å². The van der Waals surface area contributed by atoms with E-state index in [0.29, 0.717) is 4.75 Å². The summed E-state index contributed by atoms with van der Waals surface area (Å²) in [5, 5.41) is 3.21. The highest BCUT2D eigenvalue weighted by Gasteiger charge is 2.28. The van der Waals surface area contributed by atoms with Crippen LogP contribution in [0.5, 0.6) is 0 Å². The van der Waals surface area contributed by atoms with Gasteiger partial charge >= 0.3 is 0 Å². The van der Waals surface area contributed by atoms with Crippen LogP contribution in [0.3, 0.4) is 0 Å². The van der Waals surface area contributed by atoms with Gasteiger partial charge in [0.15, 0.2) is 0 Å². The van der Waals surface area contributed by atoms with Gasteiger partial charge in [0.2, 0.25) is 0 Å². The Labute approximate surface area is 108 Å². The molecule has 17 heavy (non-hydrogen) atoms. The van der Waals surface area contributed by atoms with Crippen molar-refractivity contribution in [2.75, 3.05) is 30.8 Å². The molecule has 1 aromatic rings. The maximum atomic E-state index is 4.56. The SMILES string of the molecule is CNCc1cccnc1N1CCSC(C)(C)C1. The van der Waals surface area contributed by atoms with E-state index in [1.807, 2.05) is 19.3 Å². The minimum absolute atomic E-state index is 0.326. The van der Waals surface area contributed by atoms with Gasteiger partial charge in [-0.15, -0.1) is 0 Å². The number of anilines is 1. The summed E-state index contributed by atoms with van der Waals surface area (Å²) in [7, 11) is 1.98. The monoisotopic (exact) mass is 251 g/mol. The number of nitrogens with one attached hydrogen (secondary N) is 1. The van der Waals surface area contributed by atoms with Crippen molar-refractivity contribution in [2.24, 2.45) is 0 Å². The fraction of sp³-hybridized carbons (Fsp3) is 0.615. The topological polar surface area (TPSA) is 28.2 Å². The highest BCUT2D eigenvalue weighted by molar-refractivity contribution is 8.00.